The molecule has 118 valence electrons. The molecule has 6 nitrogen and oxygen atoms in total. The number of nitro groups is 1. The van der Waals surface area contributed by atoms with Crippen LogP contribution in [0.2, 0.25) is 0 Å². The molecule has 0 bridgehead atoms. The molecule has 0 fully saturated rings. The van der Waals surface area contributed by atoms with E-state index in [0.717, 1.165) is 30.0 Å². The third kappa shape index (κ3) is 2.85. The molecule has 0 heterocycles. The Hall–Kier alpha value is -2.96. The molecule has 1 atom stereocenters. The largest absolute Gasteiger partial charge is 0.378 e. The number of anilines is 1. The van der Waals surface area contributed by atoms with Gasteiger partial charge in [-0.05, 0) is 42.2 Å². The van der Waals surface area contributed by atoms with E-state index in [0.29, 0.717) is 5.69 Å². The van der Waals surface area contributed by atoms with E-state index in [9.17, 15) is 19.3 Å². The zero-order valence-electron chi connectivity index (χ0n) is 12.1. The first kappa shape index (κ1) is 15.0. The first-order valence-corrected chi connectivity index (χ1v) is 7.09. The Morgan fingerprint density at radius 1 is 1.30 bits per heavy atom. The second-order valence-corrected chi connectivity index (χ2v) is 5.43. The maximum Gasteiger partial charge on any atom is 0.270 e. The number of aryl methyl sites for hydroxylation is 1. The van der Waals surface area contributed by atoms with Crippen LogP contribution in [0.15, 0.2) is 36.4 Å². The van der Waals surface area contributed by atoms with Gasteiger partial charge in [0.1, 0.15) is 5.82 Å². The first-order valence-electron chi connectivity index (χ1n) is 7.09. The molecule has 2 aromatic rings. The number of carbonyl (C=O) groups is 1. The summed E-state index contributed by atoms with van der Waals surface area (Å²) in [5.41, 5.74) is 7.44. The topological polar surface area (TPSA) is 98.3 Å². The van der Waals surface area contributed by atoms with Gasteiger partial charge in [0.2, 0.25) is 0 Å². The molecule has 0 aromatic heterocycles. The molecular weight excluding hydrogens is 301 g/mol. The van der Waals surface area contributed by atoms with Crippen molar-refractivity contribution in [2.45, 2.75) is 18.9 Å². The van der Waals surface area contributed by atoms with Crippen LogP contribution in [0.25, 0.3) is 0 Å². The Bertz CT molecular complexity index is 807. The van der Waals surface area contributed by atoms with Gasteiger partial charge in [0.15, 0.2) is 0 Å². The van der Waals surface area contributed by atoms with Crippen molar-refractivity contribution in [2.24, 2.45) is 5.73 Å². The Kier molecular flexibility index (Phi) is 3.69. The number of fused-ring (bicyclic) bond motifs is 1. The third-order valence-electron chi connectivity index (χ3n) is 3.99. The van der Waals surface area contributed by atoms with Crippen LogP contribution >= 0.6 is 0 Å². The van der Waals surface area contributed by atoms with Gasteiger partial charge in [-0.15, -0.1) is 0 Å². The van der Waals surface area contributed by atoms with Crippen LogP contribution in [0.1, 0.15) is 33.9 Å². The molecule has 3 rings (SSSR count). The maximum absolute atomic E-state index is 13.4. The number of hydrogen-bond donors (Lipinski definition) is 2. The van der Waals surface area contributed by atoms with Gasteiger partial charge in [0.25, 0.3) is 11.6 Å². The van der Waals surface area contributed by atoms with Gasteiger partial charge in [-0.1, -0.05) is 6.07 Å². The SMILES string of the molecule is NC(=O)c1cc([N+](=O)[O-])ccc1NC1CCc2ccc(F)cc21. The lowest BCUT2D eigenvalue weighted by atomic mass is 10.1. The zero-order chi connectivity index (χ0) is 16.6. The third-order valence-corrected chi connectivity index (χ3v) is 3.99. The lowest BCUT2D eigenvalue weighted by Crippen LogP contribution is -2.16. The Labute approximate surface area is 131 Å². The van der Waals surface area contributed by atoms with Crippen molar-refractivity contribution in [3.05, 3.63) is 69.0 Å². The molecule has 7 heteroatoms. The van der Waals surface area contributed by atoms with E-state index in [1.807, 2.05) is 0 Å². The molecule has 2 aromatic carbocycles. The predicted octanol–water partition coefficient (Wildman–Crippen LogP) is 2.93. The monoisotopic (exact) mass is 315 g/mol. The maximum atomic E-state index is 13.4. The van der Waals surface area contributed by atoms with Gasteiger partial charge >= 0.3 is 0 Å². The number of rotatable bonds is 4. The van der Waals surface area contributed by atoms with Crippen LogP contribution in [0.3, 0.4) is 0 Å². The van der Waals surface area contributed by atoms with Crippen molar-refractivity contribution >= 4 is 17.3 Å². The number of nitrogens with one attached hydrogen (secondary N) is 1. The number of primary amides is 1. The average Bonchev–Trinajstić information content (AvgIpc) is 2.89. The van der Waals surface area contributed by atoms with E-state index >= 15 is 0 Å². The van der Waals surface area contributed by atoms with Crippen LogP contribution in [0.5, 0.6) is 0 Å². The molecule has 0 aliphatic heterocycles. The summed E-state index contributed by atoms with van der Waals surface area (Å²) in [6, 6.07) is 8.37. The van der Waals surface area contributed by atoms with Crippen LogP contribution in [0.4, 0.5) is 15.8 Å². The molecule has 1 aliphatic carbocycles. The molecule has 1 unspecified atom stereocenters. The van der Waals surface area contributed by atoms with E-state index in [1.165, 1.54) is 24.3 Å². The number of non-ortho nitro benzene ring substituents is 1. The van der Waals surface area contributed by atoms with Gasteiger partial charge < -0.3 is 11.1 Å². The van der Waals surface area contributed by atoms with Gasteiger partial charge in [0, 0.05) is 17.8 Å². The second-order valence-electron chi connectivity index (χ2n) is 5.43. The van der Waals surface area contributed by atoms with E-state index in [4.69, 9.17) is 5.73 Å². The molecule has 1 aliphatic rings. The van der Waals surface area contributed by atoms with Crippen molar-refractivity contribution in [1.82, 2.24) is 0 Å². The molecule has 1 amide bonds. The van der Waals surface area contributed by atoms with Gasteiger partial charge in [-0.25, -0.2) is 4.39 Å². The predicted molar refractivity (Wildman–Crippen MR) is 82.7 cm³/mol. The van der Waals surface area contributed by atoms with Crippen molar-refractivity contribution in [3.8, 4) is 0 Å². The number of amides is 1. The summed E-state index contributed by atoms with van der Waals surface area (Å²) in [5.74, 6) is -1.08. The summed E-state index contributed by atoms with van der Waals surface area (Å²) in [7, 11) is 0. The van der Waals surface area contributed by atoms with Gasteiger partial charge in [-0.3, -0.25) is 14.9 Å². The number of hydrogen-bond acceptors (Lipinski definition) is 4. The molecule has 23 heavy (non-hydrogen) atoms. The fourth-order valence-electron chi connectivity index (χ4n) is 2.89. The quantitative estimate of drug-likeness (QED) is 0.669. The second kappa shape index (κ2) is 5.68. The molecule has 0 spiro atoms. The zero-order valence-corrected chi connectivity index (χ0v) is 12.1. The minimum absolute atomic E-state index is 0.0454. The lowest BCUT2D eigenvalue weighted by Gasteiger charge is -2.17. The standard InChI is InChI=1S/C16H14FN3O3/c17-10-3-1-9-2-5-14(12(9)7-10)19-15-6-4-11(20(22)23)8-13(15)16(18)21/h1,3-4,6-8,14,19H,2,5H2,(H2,18,21). The highest BCUT2D eigenvalue weighted by Gasteiger charge is 2.24. The summed E-state index contributed by atoms with van der Waals surface area (Å²) >= 11 is 0. The summed E-state index contributed by atoms with van der Waals surface area (Å²) in [6.07, 6.45) is 1.54. The summed E-state index contributed by atoms with van der Waals surface area (Å²) < 4.78 is 13.4. The highest BCUT2D eigenvalue weighted by molar-refractivity contribution is 5.99. The minimum Gasteiger partial charge on any atom is -0.378 e. The van der Waals surface area contributed by atoms with Crippen LogP contribution in [-0.2, 0) is 6.42 Å². The molecule has 0 saturated heterocycles. The normalized spacial score (nSPS) is 16.0. The number of nitrogens with zero attached hydrogens (tertiary/aromatic N) is 1. The minimum atomic E-state index is -0.756. The fourth-order valence-corrected chi connectivity index (χ4v) is 2.89. The van der Waals surface area contributed by atoms with Gasteiger partial charge in [-0.2, -0.15) is 0 Å². The van der Waals surface area contributed by atoms with Crippen LogP contribution in [0, 0.1) is 15.9 Å². The van der Waals surface area contributed by atoms with Crippen molar-refractivity contribution < 1.29 is 14.1 Å². The van der Waals surface area contributed by atoms with Crippen LogP contribution < -0.4 is 11.1 Å². The summed E-state index contributed by atoms with van der Waals surface area (Å²) in [6.45, 7) is 0. The Morgan fingerprint density at radius 3 is 2.78 bits per heavy atom. The molecule has 0 radical (unpaired) electrons. The Morgan fingerprint density at radius 2 is 2.09 bits per heavy atom. The van der Waals surface area contributed by atoms with E-state index in [-0.39, 0.29) is 23.1 Å². The lowest BCUT2D eigenvalue weighted by molar-refractivity contribution is -0.384. The van der Waals surface area contributed by atoms with E-state index < -0.39 is 10.8 Å². The average molecular weight is 315 g/mol. The highest BCUT2D eigenvalue weighted by atomic mass is 19.1. The molecule has 3 N–H and O–H groups in total. The smallest absolute Gasteiger partial charge is 0.270 e. The number of carbonyl (C=O) groups excluding carboxylic acids is 1. The first-order chi connectivity index (χ1) is 11.0. The highest BCUT2D eigenvalue weighted by Crippen LogP contribution is 2.35. The van der Waals surface area contributed by atoms with E-state index in [1.54, 1.807) is 6.07 Å². The van der Waals surface area contributed by atoms with Crippen molar-refractivity contribution in [1.29, 1.82) is 0 Å². The summed E-state index contributed by atoms with van der Waals surface area (Å²) in [4.78, 5) is 21.8. The molecule has 0 saturated carbocycles. The van der Waals surface area contributed by atoms with Gasteiger partial charge in [0.05, 0.1) is 16.5 Å². The fraction of sp³-hybridized carbons (Fsp3) is 0.188. The van der Waals surface area contributed by atoms with Crippen molar-refractivity contribution in [3.63, 3.8) is 0 Å². The number of halogens is 1. The number of benzene rings is 2. The number of nitro benzene ring substituents is 1. The number of nitrogens with two attached hydrogens (primary N) is 1. The summed E-state index contributed by atoms with van der Waals surface area (Å²) in [5, 5.41) is 14.0. The van der Waals surface area contributed by atoms with Crippen LogP contribution in [-0.4, -0.2) is 10.8 Å². The molecular formula is C16H14FN3O3. The van der Waals surface area contributed by atoms with E-state index in [2.05, 4.69) is 5.32 Å². The van der Waals surface area contributed by atoms with Crippen molar-refractivity contribution in [2.75, 3.05) is 5.32 Å². The Balaban J connectivity index is 1.94.